The van der Waals surface area contributed by atoms with Gasteiger partial charge in [0.15, 0.2) is 0 Å². The molecule has 190 valence electrons. The van der Waals surface area contributed by atoms with Gasteiger partial charge in [-0.2, -0.15) is 5.10 Å². The van der Waals surface area contributed by atoms with Gasteiger partial charge in [0.2, 0.25) is 5.82 Å². The number of nitrogens with one attached hydrogen (secondary N) is 1. The number of rotatable bonds is 7. The van der Waals surface area contributed by atoms with Crippen molar-refractivity contribution in [3.63, 3.8) is 0 Å². The van der Waals surface area contributed by atoms with Gasteiger partial charge < -0.3 is 5.32 Å². The number of hydrogen-bond donors (Lipinski definition) is 1. The molecule has 0 radical (unpaired) electrons. The quantitative estimate of drug-likeness (QED) is 0.523. The summed E-state index contributed by atoms with van der Waals surface area (Å²) in [4.78, 5) is 32.9. The number of benzene rings is 1. The third kappa shape index (κ3) is 4.96. The van der Waals surface area contributed by atoms with Crippen LogP contribution in [0.2, 0.25) is 0 Å². The Balaban J connectivity index is 1.19. The lowest BCUT2D eigenvalue weighted by molar-refractivity contribution is -0.129. The summed E-state index contributed by atoms with van der Waals surface area (Å²) < 4.78 is 43.0. The molecule has 0 aliphatic carbocycles. The summed E-state index contributed by atoms with van der Waals surface area (Å²) in [5.74, 6) is -3.46. The van der Waals surface area contributed by atoms with E-state index in [0.717, 1.165) is 0 Å². The van der Waals surface area contributed by atoms with Crippen LogP contribution in [0.4, 0.5) is 19.0 Å². The number of halogens is 3. The van der Waals surface area contributed by atoms with Crippen LogP contribution in [0.3, 0.4) is 0 Å². The second-order valence-corrected chi connectivity index (χ2v) is 9.10. The second kappa shape index (κ2) is 9.37. The monoisotopic (exact) mass is 502 g/mol. The molecule has 1 N–H and O–H groups in total. The van der Waals surface area contributed by atoms with Crippen LogP contribution in [0, 0.1) is 5.82 Å². The van der Waals surface area contributed by atoms with Crippen molar-refractivity contribution in [1.82, 2.24) is 34.8 Å². The Morgan fingerprint density at radius 3 is 2.75 bits per heavy atom. The minimum atomic E-state index is -2.61. The minimum absolute atomic E-state index is 0.113. The number of likely N-dealkylation sites (tertiary alicyclic amines) is 1. The van der Waals surface area contributed by atoms with Crippen LogP contribution in [0.1, 0.15) is 28.3 Å². The average molecular weight is 503 g/mol. The molecule has 13 heteroatoms. The fraction of sp³-hybridized carbons (Fsp3) is 0.435. The van der Waals surface area contributed by atoms with Gasteiger partial charge in [0.1, 0.15) is 24.0 Å². The molecule has 2 aliphatic heterocycles. The third-order valence-corrected chi connectivity index (χ3v) is 6.34. The van der Waals surface area contributed by atoms with E-state index in [-0.39, 0.29) is 37.2 Å². The number of likely N-dealkylation sites (N-methyl/N-ethyl adjacent to an activating group) is 1. The molecule has 2 aliphatic rings. The molecule has 3 aromatic rings. The summed E-state index contributed by atoms with van der Waals surface area (Å²) in [6.07, 6.45) is 2.14. The molecule has 0 spiro atoms. The van der Waals surface area contributed by atoms with E-state index in [2.05, 4.69) is 20.5 Å². The van der Waals surface area contributed by atoms with E-state index < -0.39 is 17.9 Å². The first kappa shape index (κ1) is 24.0. The van der Waals surface area contributed by atoms with E-state index in [9.17, 15) is 22.8 Å². The molecular formula is C23H25F3N8O2. The Hall–Kier alpha value is -3.74. The first-order valence-electron chi connectivity index (χ1n) is 11.6. The highest BCUT2D eigenvalue weighted by Gasteiger charge is 2.43. The molecule has 0 bridgehead atoms. The van der Waals surface area contributed by atoms with Crippen molar-refractivity contribution in [2.24, 2.45) is 0 Å². The number of carbonyl (C=O) groups excluding carboxylic acids is 2. The van der Waals surface area contributed by atoms with Gasteiger partial charge >= 0.3 is 0 Å². The standard InChI is InChI=1S/C23H25F3N8O2/c1-31-19-10-16(6-8-32-12-23(25,26)13-32)29-34(19)9-7-18(22(31)36)28-21(35)20-27-14-33(30-20)11-15-4-2-3-5-17(15)24/h2-5,10,14,18H,6-9,11-13H2,1H3,(H,28,35)/t18-/m1/s1. The zero-order valence-electron chi connectivity index (χ0n) is 19.6. The highest BCUT2D eigenvalue weighted by Crippen LogP contribution is 2.27. The SMILES string of the molecule is CN1C(=O)[C@H](NC(=O)c2ncn(Cc3ccccc3F)n2)CCn2nc(CCN3CC(F)(F)C3)cc21. The van der Waals surface area contributed by atoms with Gasteiger partial charge in [-0.15, -0.1) is 5.10 Å². The highest BCUT2D eigenvalue weighted by atomic mass is 19.3. The Labute approximate surface area is 204 Å². The van der Waals surface area contributed by atoms with Gasteiger partial charge in [-0.3, -0.25) is 19.4 Å². The molecule has 36 heavy (non-hydrogen) atoms. The number of hydrogen-bond acceptors (Lipinski definition) is 6. The van der Waals surface area contributed by atoms with Crippen LogP contribution >= 0.6 is 0 Å². The zero-order chi connectivity index (χ0) is 25.4. The van der Waals surface area contributed by atoms with Crippen molar-refractivity contribution in [3.05, 3.63) is 59.6 Å². The molecule has 2 amide bonds. The van der Waals surface area contributed by atoms with Crippen molar-refractivity contribution >= 4 is 17.6 Å². The van der Waals surface area contributed by atoms with Crippen LogP contribution < -0.4 is 10.2 Å². The lowest BCUT2D eigenvalue weighted by Gasteiger charge is -2.38. The van der Waals surface area contributed by atoms with Crippen molar-refractivity contribution in [3.8, 4) is 0 Å². The topological polar surface area (TPSA) is 101 Å². The molecule has 1 atom stereocenters. The number of aromatic nitrogens is 5. The number of nitrogens with zero attached hydrogens (tertiary/aromatic N) is 7. The first-order chi connectivity index (χ1) is 17.2. The second-order valence-electron chi connectivity index (χ2n) is 9.10. The van der Waals surface area contributed by atoms with Crippen LogP contribution in [0.15, 0.2) is 36.7 Å². The van der Waals surface area contributed by atoms with Gasteiger partial charge in [-0.05, 0) is 12.5 Å². The molecule has 10 nitrogen and oxygen atoms in total. The van der Waals surface area contributed by atoms with E-state index in [4.69, 9.17) is 0 Å². The van der Waals surface area contributed by atoms with Crippen LogP contribution in [0.25, 0.3) is 0 Å². The molecule has 0 saturated carbocycles. The number of amides is 2. The number of anilines is 1. The number of carbonyl (C=O) groups is 2. The minimum Gasteiger partial charge on any atom is -0.337 e. The number of aryl methyl sites for hydroxylation is 1. The smallest absolute Gasteiger partial charge is 0.291 e. The van der Waals surface area contributed by atoms with Gasteiger partial charge in [-0.1, -0.05) is 18.2 Å². The fourth-order valence-electron chi connectivity index (χ4n) is 4.41. The molecule has 4 heterocycles. The van der Waals surface area contributed by atoms with Crippen molar-refractivity contribution in [1.29, 1.82) is 0 Å². The first-order valence-corrected chi connectivity index (χ1v) is 11.6. The Bertz CT molecular complexity index is 1280. The molecule has 1 saturated heterocycles. The van der Waals surface area contributed by atoms with Crippen molar-refractivity contribution < 1.29 is 22.8 Å². The van der Waals surface area contributed by atoms with E-state index in [0.29, 0.717) is 43.0 Å². The summed E-state index contributed by atoms with van der Waals surface area (Å²) >= 11 is 0. The summed E-state index contributed by atoms with van der Waals surface area (Å²) in [5, 5.41) is 11.3. The number of alkyl halides is 2. The molecular weight excluding hydrogens is 477 g/mol. The molecule has 1 fully saturated rings. The largest absolute Gasteiger partial charge is 0.337 e. The van der Waals surface area contributed by atoms with E-state index >= 15 is 0 Å². The highest BCUT2D eigenvalue weighted by molar-refractivity contribution is 6.00. The van der Waals surface area contributed by atoms with Gasteiger partial charge in [0.25, 0.3) is 17.7 Å². The Kier molecular flexibility index (Phi) is 6.24. The lowest BCUT2D eigenvalue weighted by Crippen LogP contribution is -2.56. The molecule has 1 aromatic carbocycles. The van der Waals surface area contributed by atoms with Gasteiger partial charge in [-0.25, -0.2) is 27.5 Å². The lowest BCUT2D eigenvalue weighted by atomic mass is 10.1. The van der Waals surface area contributed by atoms with E-state index in [1.807, 2.05) is 0 Å². The van der Waals surface area contributed by atoms with Gasteiger partial charge in [0, 0.05) is 38.2 Å². The van der Waals surface area contributed by atoms with Crippen LogP contribution in [0.5, 0.6) is 0 Å². The van der Waals surface area contributed by atoms with Crippen molar-refractivity contribution in [2.75, 3.05) is 31.6 Å². The summed E-state index contributed by atoms with van der Waals surface area (Å²) in [6, 6.07) is 7.22. The maximum Gasteiger partial charge on any atom is 0.291 e. The van der Waals surface area contributed by atoms with Crippen LogP contribution in [-0.2, 0) is 24.3 Å². The maximum atomic E-state index is 13.9. The Morgan fingerprint density at radius 1 is 1.22 bits per heavy atom. The predicted octanol–water partition coefficient (Wildman–Crippen LogP) is 1.32. The fourth-order valence-corrected chi connectivity index (χ4v) is 4.41. The average Bonchev–Trinajstić information content (AvgIpc) is 3.44. The summed E-state index contributed by atoms with van der Waals surface area (Å²) in [6.45, 7) is 0.487. The molecule has 5 rings (SSSR count). The van der Waals surface area contributed by atoms with Crippen molar-refractivity contribution in [2.45, 2.75) is 37.9 Å². The van der Waals surface area contributed by atoms with Gasteiger partial charge in [0.05, 0.1) is 25.3 Å². The predicted molar refractivity (Wildman–Crippen MR) is 122 cm³/mol. The normalized spacial score (nSPS) is 19.5. The number of fused-ring (bicyclic) bond motifs is 1. The van der Waals surface area contributed by atoms with Crippen LogP contribution in [-0.4, -0.2) is 79.9 Å². The maximum absolute atomic E-state index is 13.9. The molecule has 0 unspecified atom stereocenters. The summed E-state index contributed by atoms with van der Waals surface area (Å²) in [5.41, 5.74) is 1.12. The third-order valence-electron chi connectivity index (χ3n) is 6.34. The van der Waals surface area contributed by atoms with E-state index in [1.165, 1.54) is 22.0 Å². The Morgan fingerprint density at radius 2 is 2.00 bits per heavy atom. The molecule has 2 aromatic heterocycles. The summed E-state index contributed by atoms with van der Waals surface area (Å²) in [7, 11) is 1.60. The van der Waals surface area contributed by atoms with E-state index in [1.54, 1.807) is 40.9 Å². The zero-order valence-corrected chi connectivity index (χ0v) is 19.6.